The summed E-state index contributed by atoms with van der Waals surface area (Å²) < 4.78 is 16.7. The molecule has 1 aromatic carbocycles. The molecule has 3 N–H and O–H groups in total. The summed E-state index contributed by atoms with van der Waals surface area (Å²) in [6.07, 6.45) is 3.20. The monoisotopic (exact) mass is 386 g/mol. The largest absolute Gasteiger partial charge is 0.490 e. The average molecular weight is 386 g/mol. The van der Waals surface area contributed by atoms with Crippen LogP contribution in [0, 0.1) is 0 Å². The maximum atomic E-state index is 11.8. The lowest BCUT2D eigenvalue weighted by Gasteiger charge is -2.14. The smallest absolute Gasteiger partial charge is 0.241 e. The fourth-order valence-corrected chi connectivity index (χ4v) is 2.68. The Balaban J connectivity index is 1.65. The van der Waals surface area contributed by atoms with E-state index >= 15 is 0 Å². The zero-order valence-electron chi connectivity index (χ0n) is 16.0. The van der Waals surface area contributed by atoms with Gasteiger partial charge >= 0.3 is 0 Å². The molecule has 0 unspecified atom stereocenters. The number of likely N-dealkylation sites (N-methyl/N-ethyl adjacent to an activating group) is 1. The summed E-state index contributed by atoms with van der Waals surface area (Å²) in [6.45, 7) is 4.36. The Hall–Kier alpha value is -3.16. The van der Waals surface area contributed by atoms with Crippen LogP contribution in [0.3, 0.4) is 0 Å². The highest BCUT2D eigenvalue weighted by Crippen LogP contribution is 2.32. The molecule has 2 aromatic rings. The molecule has 150 valence electrons. The Bertz CT molecular complexity index is 790. The van der Waals surface area contributed by atoms with Gasteiger partial charge in [0.05, 0.1) is 19.5 Å². The van der Waals surface area contributed by atoms with Crippen LogP contribution in [-0.4, -0.2) is 44.7 Å². The standard InChI is InChI=1S/C20H26N4O4/c1-2-21-19(25)14-23-20(22-9-8-16-5-3-10-26-16)24-15-6-7-17-18(13-15)28-12-4-11-27-17/h3,5-7,10,13H,2,4,8-9,11-12,14H2,1H3,(H,21,25)(H2,22,23,24). The fraction of sp³-hybridized carbons (Fsp3) is 0.400. The van der Waals surface area contributed by atoms with Crippen LogP contribution in [0.1, 0.15) is 19.1 Å². The van der Waals surface area contributed by atoms with Crippen LogP contribution in [0.15, 0.2) is 46.0 Å². The van der Waals surface area contributed by atoms with Gasteiger partial charge in [0.25, 0.3) is 0 Å². The number of fused-ring (bicyclic) bond motifs is 1. The molecule has 0 atom stereocenters. The minimum atomic E-state index is -0.131. The average Bonchev–Trinajstić information content (AvgIpc) is 3.10. The molecular weight excluding hydrogens is 360 g/mol. The number of ether oxygens (including phenoxy) is 2. The highest BCUT2D eigenvalue weighted by molar-refractivity contribution is 5.95. The van der Waals surface area contributed by atoms with E-state index < -0.39 is 0 Å². The number of carbonyl (C=O) groups is 1. The Morgan fingerprint density at radius 2 is 2.00 bits per heavy atom. The second-order valence-corrected chi connectivity index (χ2v) is 6.21. The Labute approximate surface area is 164 Å². The molecule has 8 heteroatoms. The van der Waals surface area contributed by atoms with E-state index in [1.807, 2.05) is 37.3 Å². The van der Waals surface area contributed by atoms with Crippen LogP contribution in [0.4, 0.5) is 5.69 Å². The van der Waals surface area contributed by atoms with Gasteiger partial charge in [-0.3, -0.25) is 4.79 Å². The lowest BCUT2D eigenvalue weighted by molar-refractivity contribution is -0.119. The van der Waals surface area contributed by atoms with Gasteiger partial charge in [0.1, 0.15) is 12.3 Å². The fourth-order valence-electron chi connectivity index (χ4n) is 2.68. The van der Waals surface area contributed by atoms with E-state index in [0.29, 0.717) is 44.4 Å². The van der Waals surface area contributed by atoms with Crippen molar-refractivity contribution in [3.05, 3.63) is 42.4 Å². The summed E-state index contributed by atoms with van der Waals surface area (Å²) in [5, 5.41) is 9.18. The summed E-state index contributed by atoms with van der Waals surface area (Å²) in [6, 6.07) is 9.41. The lowest BCUT2D eigenvalue weighted by Crippen LogP contribution is -2.34. The van der Waals surface area contributed by atoms with Crippen molar-refractivity contribution in [2.75, 3.05) is 38.2 Å². The number of hydrogen-bond acceptors (Lipinski definition) is 5. The molecule has 0 saturated carbocycles. The van der Waals surface area contributed by atoms with Gasteiger partial charge in [0, 0.05) is 37.7 Å². The van der Waals surface area contributed by atoms with Crippen molar-refractivity contribution in [1.82, 2.24) is 10.6 Å². The molecule has 0 saturated heterocycles. The van der Waals surface area contributed by atoms with Crippen molar-refractivity contribution in [3.63, 3.8) is 0 Å². The van der Waals surface area contributed by atoms with Gasteiger partial charge < -0.3 is 29.8 Å². The van der Waals surface area contributed by atoms with Crippen molar-refractivity contribution in [3.8, 4) is 11.5 Å². The molecule has 1 aliphatic rings. The topological polar surface area (TPSA) is 97.1 Å². The van der Waals surface area contributed by atoms with Crippen molar-refractivity contribution in [2.24, 2.45) is 4.99 Å². The van der Waals surface area contributed by atoms with Crippen LogP contribution < -0.4 is 25.4 Å². The minimum Gasteiger partial charge on any atom is -0.490 e. The first-order valence-corrected chi connectivity index (χ1v) is 9.48. The Morgan fingerprint density at radius 1 is 1.14 bits per heavy atom. The van der Waals surface area contributed by atoms with Crippen molar-refractivity contribution in [1.29, 1.82) is 0 Å². The number of anilines is 1. The third-order valence-electron chi connectivity index (χ3n) is 4.01. The normalized spacial score (nSPS) is 13.5. The maximum Gasteiger partial charge on any atom is 0.241 e. The Morgan fingerprint density at radius 3 is 2.79 bits per heavy atom. The zero-order valence-corrected chi connectivity index (χ0v) is 16.0. The molecule has 1 amide bonds. The van der Waals surface area contributed by atoms with Crippen LogP contribution >= 0.6 is 0 Å². The third-order valence-corrected chi connectivity index (χ3v) is 4.01. The van der Waals surface area contributed by atoms with Gasteiger partial charge in [-0.25, -0.2) is 4.99 Å². The summed E-state index contributed by atoms with van der Waals surface area (Å²) >= 11 is 0. The van der Waals surface area contributed by atoms with Crippen molar-refractivity contribution >= 4 is 17.6 Å². The summed E-state index contributed by atoms with van der Waals surface area (Å²) in [7, 11) is 0. The molecule has 8 nitrogen and oxygen atoms in total. The SMILES string of the molecule is CCNC(=O)CN=C(NCCc1ccco1)Nc1ccc2c(c1)OCCCO2. The minimum absolute atomic E-state index is 0.0362. The molecule has 0 fully saturated rings. The van der Waals surface area contributed by atoms with Crippen LogP contribution in [0.25, 0.3) is 0 Å². The predicted octanol–water partition coefficient (Wildman–Crippen LogP) is 2.18. The summed E-state index contributed by atoms with van der Waals surface area (Å²) in [5.41, 5.74) is 0.796. The highest BCUT2D eigenvalue weighted by Gasteiger charge is 2.12. The number of carbonyl (C=O) groups excluding carboxylic acids is 1. The van der Waals surface area contributed by atoms with E-state index in [1.54, 1.807) is 6.26 Å². The maximum absolute atomic E-state index is 11.8. The van der Waals surface area contributed by atoms with Gasteiger partial charge in [-0.15, -0.1) is 0 Å². The molecule has 1 aliphatic heterocycles. The number of hydrogen-bond donors (Lipinski definition) is 3. The van der Waals surface area contributed by atoms with Gasteiger partial charge in [0.2, 0.25) is 5.91 Å². The summed E-state index contributed by atoms with van der Waals surface area (Å²) in [4.78, 5) is 16.1. The van der Waals surface area contributed by atoms with Crippen LogP contribution in [0.5, 0.6) is 11.5 Å². The van der Waals surface area contributed by atoms with E-state index in [4.69, 9.17) is 13.9 Å². The quantitative estimate of drug-likeness (QED) is 0.499. The molecular formula is C20H26N4O4. The molecule has 28 heavy (non-hydrogen) atoms. The number of nitrogens with one attached hydrogen (secondary N) is 3. The molecule has 0 aliphatic carbocycles. The number of amides is 1. The second kappa shape index (κ2) is 10.2. The Kier molecular flexibility index (Phi) is 7.17. The van der Waals surface area contributed by atoms with E-state index in [2.05, 4.69) is 20.9 Å². The van der Waals surface area contributed by atoms with E-state index in [1.165, 1.54) is 0 Å². The molecule has 3 rings (SSSR count). The first kappa shape index (κ1) is 19.6. The number of rotatable bonds is 7. The number of guanidine groups is 1. The van der Waals surface area contributed by atoms with Crippen molar-refractivity contribution in [2.45, 2.75) is 19.8 Å². The van der Waals surface area contributed by atoms with Gasteiger partial charge in [-0.05, 0) is 31.2 Å². The molecule has 1 aromatic heterocycles. The highest BCUT2D eigenvalue weighted by atomic mass is 16.5. The number of aliphatic imine (C=N–C) groups is 1. The first-order valence-electron chi connectivity index (χ1n) is 9.48. The zero-order chi connectivity index (χ0) is 19.6. The number of nitrogens with zero attached hydrogens (tertiary/aromatic N) is 1. The van der Waals surface area contributed by atoms with E-state index in [9.17, 15) is 4.79 Å². The third kappa shape index (κ3) is 5.94. The lowest BCUT2D eigenvalue weighted by atomic mass is 10.2. The predicted molar refractivity (Wildman–Crippen MR) is 107 cm³/mol. The van der Waals surface area contributed by atoms with E-state index in [0.717, 1.165) is 23.6 Å². The van der Waals surface area contributed by atoms with Crippen molar-refractivity contribution < 1.29 is 18.7 Å². The molecule has 0 spiro atoms. The van der Waals surface area contributed by atoms with Gasteiger partial charge in [-0.2, -0.15) is 0 Å². The molecule has 0 bridgehead atoms. The van der Waals surface area contributed by atoms with Crippen LogP contribution in [0.2, 0.25) is 0 Å². The van der Waals surface area contributed by atoms with E-state index in [-0.39, 0.29) is 12.5 Å². The molecule has 2 heterocycles. The number of benzene rings is 1. The number of furan rings is 1. The summed E-state index contributed by atoms with van der Waals surface area (Å²) in [5.74, 6) is 2.68. The van der Waals surface area contributed by atoms with Crippen LogP contribution in [-0.2, 0) is 11.2 Å². The second-order valence-electron chi connectivity index (χ2n) is 6.21. The first-order chi connectivity index (χ1) is 13.7. The molecule has 0 radical (unpaired) electrons. The van der Waals surface area contributed by atoms with Gasteiger partial charge in [0.15, 0.2) is 17.5 Å². The van der Waals surface area contributed by atoms with Gasteiger partial charge in [-0.1, -0.05) is 0 Å².